The summed E-state index contributed by atoms with van der Waals surface area (Å²) < 4.78 is 0. The SMILES string of the molecule is O=C(Nc1cccc(Cl)c1)c1cnc(N2CCCCC2)nc1. The van der Waals surface area contributed by atoms with Gasteiger partial charge in [0.25, 0.3) is 5.91 Å². The molecular weight excluding hydrogens is 300 g/mol. The predicted molar refractivity (Wildman–Crippen MR) is 87.5 cm³/mol. The van der Waals surface area contributed by atoms with Crippen LogP contribution in [0.15, 0.2) is 36.7 Å². The number of carbonyl (C=O) groups excluding carboxylic acids is 1. The number of aromatic nitrogens is 2. The summed E-state index contributed by atoms with van der Waals surface area (Å²) >= 11 is 5.90. The Balaban J connectivity index is 1.68. The summed E-state index contributed by atoms with van der Waals surface area (Å²) in [5.41, 5.74) is 1.08. The second-order valence-corrected chi connectivity index (χ2v) is 5.72. The molecule has 0 radical (unpaired) electrons. The summed E-state index contributed by atoms with van der Waals surface area (Å²) in [6.07, 6.45) is 6.73. The highest BCUT2D eigenvalue weighted by molar-refractivity contribution is 6.30. The molecule has 3 rings (SSSR count). The van der Waals surface area contributed by atoms with Gasteiger partial charge in [-0.1, -0.05) is 17.7 Å². The minimum absolute atomic E-state index is 0.243. The fraction of sp³-hybridized carbons (Fsp3) is 0.312. The lowest BCUT2D eigenvalue weighted by atomic mass is 10.1. The van der Waals surface area contributed by atoms with E-state index in [-0.39, 0.29) is 5.91 Å². The first-order valence-corrected chi connectivity index (χ1v) is 7.74. The molecule has 0 spiro atoms. The molecule has 0 aliphatic carbocycles. The molecule has 1 saturated heterocycles. The predicted octanol–water partition coefficient (Wildman–Crippen LogP) is 3.37. The zero-order valence-electron chi connectivity index (χ0n) is 12.1. The van der Waals surface area contributed by atoms with Crippen LogP contribution < -0.4 is 10.2 Å². The van der Waals surface area contributed by atoms with Crippen molar-refractivity contribution in [3.05, 3.63) is 47.2 Å². The molecule has 5 nitrogen and oxygen atoms in total. The van der Waals surface area contributed by atoms with Crippen LogP contribution in [0.3, 0.4) is 0 Å². The Labute approximate surface area is 134 Å². The number of hydrogen-bond donors (Lipinski definition) is 1. The summed E-state index contributed by atoms with van der Waals surface area (Å²) in [7, 11) is 0. The Morgan fingerprint density at radius 2 is 1.86 bits per heavy atom. The topological polar surface area (TPSA) is 58.1 Å². The van der Waals surface area contributed by atoms with Crippen LogP contribution >= 0.6 is 11.6 Å². The molecule has 1 aromatic heterocycles. The third-order valence-corrected chi connectivity index (χ3v) is 3.86. The Morgan fingerprint density at radius 1 is 1.14 bits per heavy atom. The van der Waals surface area contributed by atoms with Crippen LogP contribution in [0, 0.1) is 0 Å². The van der Waals surface area contributed by atoms with Gasteiger partial charge in [0.1, 0.15) is 0 Å². The van der Waals surface area contributed by atoms with E-state index in [1.54, 1.807) is 36.7 Å². The number of hydrogen-bond acceptors (Lipinski definition) is 4. The van der Waals surface area contributed by atoms with Crippen LogP contribution in [0.1, 0.15) is 29.6 Å². The molecule has 0 atom stereocenters. The normalized spacial score (nSPS) is 14.7. The van der Waals surface area contributed by atoms with Gasteiger partial charge < -0.3 is 10.2 Å². The van der Waals surface area contributed by atoms with E-state index in [2.05, 4.69) is 20.2 Å². The van der Waals surface area contributed by atoms with Crippen molar-refractivity contribution in [3.63, 3.8) is 0 Å². The monoisotopic (exact) mass is 316 g/mol. The Hall–Kier alpha value is -2.14. The second kappa shape index (κ2) is 6.75. The van der Waals surface area contributed by atoms with Gasteiger partial charge in [-0.05, 0) is 37.5 Å². The number of nitrogens with one attached hydrogen (secondary N) is 1. The van der Waals surface area contributed by atoms with Gasteiger partial charge in [-0.3, -0.25) is 4.79 Å². The van der Waals surface area contributed by atoms with E-state index in [4.69, 9.17) is 11.6 Å². The van der Waals surface area contributed by atoms with E-state index < -0.39 is 0 Å². The number of halogens is 1. The zero-order valence-corrected chi connectivity index (χ0v) is 12.9. The Kier molecular flexibility index (Phi) is 4.53. The third-order valence-electron chi connectivity index (χ3n) is 3.62. The van der Waals surface area contributed by atoms with Crippen molar-refractivity contribution in [2.45, 2.75) is 19.3 Å². The molecule has 0 saturated carbocycles. The Morgan fingerprint density at radius 3 is 2.55 bits per heavy atom. The zero-order chi connectivity index (χ0) is 15.4. The summed E-state index contributed by atoms with van der Waals surface area (Å²) in [5, 5.41) is 3.36. The molecule has 1 fully saturated rings. The highest BCUT2D eigenvalue weighted by Gasteiger charge is 2.14. The number of piperidine rings is 1. The fourth-order valence-electron chi connectivity index (χ4n) is 2.47. The van der Waals surface area contributed by atoms with Crippen LogP contribution in [0.5, 0.6) is 0 Å². The van der Waals surface area contributed by atoms with E-state index >= 15 is 0 Å². The highest BCUT2D eigenvalue weighted by Crippen LogP contribution is 2.17. The van der Waals surface area contributed by atoms with Crippen LogP contribution in [0.2, 0.25) is 5.02 Å². The number of amides is 1. The van der Waals surface area contributed by atoms with Gasteiger partial charge in [0.05, 0.1) is 5.56 Å². The lowest BCUT2D eigenvalue weighted by Crippen LogP contribution is -2.31. The standard InChI is InChI=1S/C16H17ClN4O/c17-13-5-4-6-14(9-13)20-15(22)12-10-18-16(19-11-12)21-7-2-1-3-8-21/h4-6,9-11H,1-3,7-8H2,(H,20,22). The molecule has 1 aliphatic heterocycles. The van der Waals surface area contributed by atoms with Gasteiger partial charge in [-0.2, -0.15) is 0 Å². The van der Waals surface area contributed by atoms with Crippen LogP contribution in [0.25, 0.3) is 0 Å². The van der Waals surface area contributed by atoms with Gasteiger partial charge in [0.15, 0.2) is 0 Å². The van der Waals surface area contributed by atoms with E-state index in [9.17, 15) is 4.79 Å². The molecule has 6 heteroatoms. The minimum Gasteiger partial charge on any atom is -0.341 e. The van der Waals surface area contributed by atoms with Gasteiger partial charge in [0.2, 0.25) is 5.95 Å². The summed E-state index contributed by atoms with van der Waals surface area (Å²) in [6, 6.07) is 7.02. The number of rotatable bonds is 3. The molecule has 114 valence electrons. The molecule has 1 aromatic carbocycles. The van der Waals surface area contributed by atoms with Crippen molar-refractivity contribution in [2.24, 2.45) is 0 Å². The first-order chi connectivity index (χ1) is 10.7. The summed E-state index contributed by atoms with van der Waals surface area (Å²) in [6.45, 7) is 1.96. The molecular formula is C16H17ClN4O. The maximum absolute atomic E-state index is 12.2. The first kappa shape index (κ1) is 14.8. The van der Waals surface area contributed by atoms with Gasteiger partial charge in [-0.25, -0.2) is 9.97 Å². The summed E-state index contributed by atoms with van der Waals surface area (Å²) in [4.78, 5) is 22.9. The molecule has 0 unspecified atom stereocenters. The fourth-order valence-corrected chi connectivity index (χ4v) is 2.66. The van der Waals surface area contributed by atoms with Crippen molar-refractivity contribution >= 4 is 29.1 Å². The van der Waals surface area contributed by atoms with Gasteiger partial charge >= 0.3 is 0 Å². The van der Waals surface area contributed by atoms with Crippen molar-refractivity contribution in [2.75, 3.05) is 23.3 Å². The highest BCUT2D eigenvalue weighted by atomic mass is 35.5. The van der Waals surface area contributed by atoms with Crippen LogP contribution in [-0.2, 0) is 0 Å². The van der Waals surface area contributed by atoms with Crippen molar-refractivity contribution < 1.29 is 4.79 Å². The molecule has 1 amide bonds. The quantitative estimate of drug-likeness (QED) is 0.943. The smallest absolute Gasteiger partial charge is 0.258 e. The molecule has 1 aliphatic rings. The number of benzene rings is 1. The van der Waals surface area contributed by atoms with E-state index in [1.165, 1.54) is 19.3 Å². The molecule has 1 N–H and O–H groups in total. The molecule has 2 heterocycles. The molecule has 22 heavy (non-hydrogen) atoms. The lowest BCUT2D eigenvalue weighted by molar-refractivity contribution is 0.102. The van der Waals surface area contributed by atoms with E-state index in [0.29, 0.717) is 22.2 Å². The van der Waals surface area contributed by atoms with Crippen LogP contribution in [-0.4, -0.2) is 29.0 Å². The number of carbonyl (C=O) groups is 1. The van der Waals surface area contributed by atoms with Gasteiger partial charge in [-0.15, -0.1) is 0 Å². The van der Waals surface area contributed by atoms with Crippen LogP contribution in [0.4, 0.5) is 11.6 Å². The van der Waals surface area contributed by atoms with E-state index in [0.717, 1.165) is 13.1 Å². The molecule has 0 bridgehead atoms. The number of nitrogens with zero attached hydrogens (tertiary/aromatic N) is 3. The van der Waals surface area contributed by atoms with Crippen molar-refractivity contribution in [1.29, 1.82) is 0 Å². The maximum atomic E-state index is 12.2. The third kappa shape index (κ3) is 3.54. The molecule has 2 aromatic rings. The van der Waals surface area contributed by atoms with Crippen molar-refractivity contribution in [1.82, 2.24) is 9.97 Å². The number of anilines is 2. The minimum atomic E-state index is -0.243. The maximum Gasteiger partial charge on any atom is 0.258 e. The average molecular weight is 317 g/mol. The second-order valence-electron chi connectivity index (χ2n) is 5.28. The first-order valence-electron chi connectivity index (χ1n) is 7.36. The van der Waals surface area contributed by atoms with Gasteiger partial charge in [0, 0.05) is 36.2 Å². The lowest BCUT2D eigenvalue weighted by Gasteiger charge is -2.26. The average Bonchev–Trinajstić information content (AvgIpc) is 2.56. The summed E-state index contributed by atoms with van der Waals surface area (Å²) in [5.74, 6) is 0.450. The Bertz CT molecular complexity index is 653. The largest absolute Gasteiger partial charge is 0.341 e. The van der Waals surface area contributed by atoms with E-state index in [1.807, 2.05) is 0 Å². The van der Waals surface area contributed by atoms with Crippen molar-refractivity contribution in [3.8, 4) is 0 Å².